The molecule has 0 radical (unpaired) electrons. The van der Waals surface area contributed by atoms with Crippen LogP contribution in [-0.4, -0.2) is 38.9 Å². The van der Waals surface area contributed by atoms with Crippen molar-refractivity contribution in [2.24, 2.45) is 0 Å². The Morgan fingerprint density at radius 1 is 1.40 bits per heavy atom. The highest BCUT2D eigenvalue weighted by atomic mass is 16.2. The first-order valence-corrected chi connectivity index (χ1v) is 7.21. The monoisotopic (exact) mass is 276 g/mol. The zero-order valence-corrected chi connectivity index (χ0v) is 13.0. The van der Waals surface area contributed by atoms with Crippen LogP contribution in [-0.2, 0) is 11.2 Å². The van der Waals surface area contributed by atoms with Crippen molar-refractivity contribution in [3.63, 3.8) is 0 Å². The van der Waals surface area contributed by atoms with Gasteiger partial charge in [0.15, 0.2) is 0 Å². The number of amides is 1. The molecule has 1 N–H and O–H groups in total. The number of hydrogen-bond acceptors (Lipinski definition) is 4. The molecule has 0 bridgehead atoms. The van der Waals surface area contributed by atoms with Gasteiger partial charge in [0, 0.05) is 30.3 Å². The lowest BCUT2D eigenvalue weighted by Gasteiger charge is -2.32. The lowest BCUT2D eigenvalue weighted by molar-refractivity contribution is -0.131. The minimum absolute atomic E-state index is 0.121. The molecule has 0 aliphatic carbocycles. The van der Waals surface area contributed by atoms with Crippen LogP contribution in [0.15, 0.2) is 6.07 Å². The van der Waals surface area contributed by atoms with E-state index in [0.717, 1.165) is 30.3 Å². The fraction of sp³-hybridized carbons (Fsp3) is 0.667. The summed E-state index contributed by atoms with van der Waals surface area (Å²) in [6.45, 7) is 10.9. The molecule has 2 rings (SSSR count). The summed E-state index contributed by atoms with van der Waals surface area (Å²) in [5.41, 5.74) is 0.904. The normalized spacial score (nSPS) is 19.6. The summed E-state index contributed by atoms with van der Waals surface area (Å²) < 4.78 is 0. The molecule has 1 aliphatic heterocycles. The number of anilines is 1. The Morgan fingerprint density at radius 3 is 2.65 bits per heavy atom. The molecule has 20 heavy (non-hydrogen) atoms. The number of likely N-dealkylation sites (tertiary alicyclic amines) is 1. The topological polar surface area (TPSA) is 58.1 Å². The molecule has 1 fully saturated rings. The van der Waals surface area contributed by atoms with E-state index in [4.69, 9.17) is 0 Å². The van der Waals surface area contributed by atoms with Gasteiger partial charge in [-0.2, -0.15) is 0 Å². The van der Waals surface area contributed by atoms with Crippen molar-refractivity contribution in [1.29, 1.82) is 0 Å². The van der Waals surface area contributed by atoms with Gasteiger partial charge < -0.3 is 10.2 Å². The maximum absolute atomic E-state index is 12.1. The Balaban J connectivity index is 2.09. The molecule has 0 spiro atoms. The maximum atomic E-state index is 12.1. The van der Waals surface area contributed by atoms with Gasteiger partial charge in [-0.05, 0) is 34.1 Å². The third-order valence-corrected chi connectivity index (χ3v) is 3.54. The standard InChI is InChI=1S/C15H24N4O/c1-6-11-7-13(17-10(2)16-11)18-12-8-14(20)19(9-12)15(3,4)5/h7,12H,6,8-9H2,1-5H3,(H,16,17,18). The molecule has 0 saturated carbocycles. The van der Waals surface area contributed by atoms with Crippen LogP contribution in [0, 0.1) is 6.92 Å². The third-order valence-electron chi connectivity index (χ3n) is 3.54. The summed E-state index contributed by atoms with van der Waals surface area (Å²) >= 11 is 0. The largest absolute Gasteiger partial charge is 0.365 e. The van der Waals surface area contributed by atoms with Crippen LogP contribution in [0.1, 0.15) is 45.6 Å². The third kappa shape index (κ3) is 3.26. The van der Waals surface area contributed by atoms with Crippen molar-refractivity contribution in [2.75, 3.05) is 11.9 Å². The number of nitrogens with one attached hydrogen (secondary N) is 1. The van der Waals surface area contributed by atoms with E-state index in [0.29, 0.717) is 6.42 Å². The van der Waals surface area contributed by atoms with Gasteiger partial charge in [-0.25, -0.2) is 9.97 Å². The van der Waals surface area contributed by atoms with Gasteiger partial charge in [0.05, 0.1) is 6.04 Å². The molecule has 1 aromatic rings. The number of rotatable bonds is 3. The van der Waals surface area contributed by atoms with E-state index in [9.17, 15) is 4.79 Å². The smallest absolute Gasteiger partial charge is 0.225 e. The summed E-state index contributed by atoms with van der Waals surface area (Å²) in [4.78, 5) is 22.8. The quantitative estimate of drug-likeness (QED) is 0.919. The summed E-state index contributed by atoms with van der Waals surface area (Å²) in [7, 11) is 0. The Morgan fingerprint density at radius 2 is 2.10 bits per heavy atom. The lowest BCUT2D eigenvalue weighted by atomic mass is 10.1. The molecule has 5 heteroatoms. The van der Waals surface area contributed by atoms with Crippen LogP contribution in [0.4, 0.5) is 5.82 Å². The van der Waals surface area contributed by atoms with Crippen molar-refractivity contribution in [2.45, 2.75) is 59.0 Å². The van der Waals surface area contributed by atoms with E-state index in [1.807, 2.05) is 17.9 Å². The molecule has 5 nitrogen and oxygen atoms in total. The summed E-state index contributed by atoms with van der Waals surface area (Å²) in [6.07, 6.45) is 1.41. The Labute approximate surface area is 120 Å². The number of aryl methyl sites for hydroxylation is 2. The van der Waals surface area contributed by atoms with Crippen LogP contribution in [0.25, 0.3) is 0 Å². The second-order valence-corrected chi connectivity index (χ2v) is 6.37. The van der Waals surface area contributed by atoms with E-state index in [-0.39, 0.29) is 17.5 Å². The first-order chi connectivity index (χ1) is 9.29. The molecular weight excluding hydrogens is 252 g/mol. The van der Waals surface area contributed by atoms with Crippen molar-refractivity contribution in [1.82, 2.24) is 14.9 Å². The Bertz CT molecular complexity index is 507. The van der Waals surface area contributed by atoms with Crippen molar-refractivity contribution in [3.05, 3.63) is 17.6 Å². The van der Waals surface area contributed by atoms with Crippen LogP contribution in [0.5, 0.6) is 0 Å². The second kappa shape index (κ2) is 5.38. The number of hydrogen-bond donors (Lipinski definition) is 1. The molecule has 1 unspecified atom stereocenters. The molecule has 1 atom stereocenters. The average molecular weight is 276 g/mol. The number of carbonyl (C=O) groups excluding carboxylic acids is 1. The number of nitrogens with zero attached hydrogens (tertiary/aromatic N) is 3. The fourth-order valence-electron chi connectivity index (χ4n) is 2.55. The molecule has 2 heterocycles. The van der Waals surface area contributed by atoms with Crippen LogP contribution in [0.3, 0.4) is 0 Å². The van der Waals surface area contributed by atoms with Gasteiger partial charge in [0.25, 0.3) is 0 Å². The van der Waals surface area contributed by atoms with Crippen LogP contribution >= 0.6 is 0 Å². The summed E-state index contributed by atoms with van der Waals surface area (Å²) in [6, 6.07) is 2.10. The van der Waals surface area contributed by atoms with Crippen molar-refractivity contribution < 1.29 is 4.79 Å². The first kappa shape index (κ1) is 14.8. The molecule has 1 saturated heterocycles. The Hall–Kier alpha value is -1.65. The zero-order valence-electron chi connectivity index (χ0n) is 13.0. The highest BCUT2D eigenvalue weighted by molar-refractivity contribution is 5.80. The highest BCUT2D eigenvalue weighted by Crippen LogP contribution is 2.23. The maximum Gasteiger partial charge on any atom is 0.225 e. The summed E-state index contributed by atoms with van der Waals surface area (Å²) in [5.74, 6) is 1.79. The lowest BCUT2D eigenvalue weighted by Crippen LogP contribution is -2.43. The predicted octanol–water partition coefficient (Wildman–Crippen LogP) is 2.16. The minimum Gasteiger partial charge on any atom is -0.365 e. The van der Waals surface area contributed by atoms with Gasteiger partial charge in [-0.15, -0.1) is 0 Å². The van der Waals surface area contributed by atoms with E-state index in [1.165, 1.54) is 0 Å². The minimum atomic E-state index is -0.121. The second-order valence-electron chi connectivity index (χ2n) is 6.37. The van der Waals surface area contributed by atoms with Gasteiger partial charge in [0.1, 0.15) is 11.6 Å². The molecule has 1 amide bonds. The Kier molecular flexibility index (Phi) is 3.97. The first-order valence-electron chi connectivity index (χ1n) is 7.21. The average Bonchev–Trinajstić information content (AvgIpc) is 2.69. The highest BCUT2D eigenvalue weighted by Gasteiger charge is 2.36. The van der Waals surface area contributed by atoms with E-state index in [1.54, 1.807) is 0 Å². The van der Waals surface area contributed by atoms with Gasteiger partial charge in [0.2, 0.25) is 5.91 Å². The predicted molar refractivity (Wildman–Crippen MR) is 79.6 cm³/mol. The zero-order chi connectivity index (χ0) is 14.9. The molecule has 0 aromatic carbocycles. The number of aromatic nitrogens is 2. The van der Waals surface area contributed by atoms with Crippen molar-refractivity contribution >= 4 is 11.7 Å². The van der Waals surface area contributed by atoms with Gasteiger partial charge >= 0.3 is 0 Å². The van der Waals surface area contributed by atoms with Crippen LogP contribution in [0.2, 0.25) is 0 Å². The SMILES string of the molecule is CCc1cc(NC2CC(=O)N(C(C)(C)C)C2)nc(C)n1. The fourth-order valence-corrected chi connectivity index (χ4v) is 2.55. The van der Waals surface area contributed by atoms with Crippen molar-refractivity contribution in [3.8, 4) is 0 Å². The van der Waals surface area contributed by atoms with Gasteiger partial charge in [-0.3, -0.25) is 4.79 Å². The van der Waals surface area contributed by atoms with E-state index >= 15 is 0 Å². The molecule has 1 aromatic heterocycles. The van der Waals surface area contributed by atoms with E-state index in [2.05, 4.69) is 43.0 Å². The summed E-state index contributed by atoms with van der Waals surface area (Å²) in [5, 5.41) is 3.38. The molecule has 1 aliphatic rings. The molecule has 110 valence electrons. The van der Waals surface area contributed by atoms with Gasteiger partial charge in [-0.1, -0.05) is 6.92 Å². The number of carbonyl (C=O) groups is 1. The van der Waals surface area contributed by atoms with E-state index < -0.39 is 0 Å². The molecular formula is C15H24N4O. The van der Waals surface area contributed by atoms with Crippen LogP contribution < -0.4 is 5.32 Å².